The number of ether oxygens (including phenoxy) is 1. The lowest BCUT2D eigenvalue weighted by Gasteiger charge is -2.07. The molecule has 1 aliphatic rings. The van der Waals surface area contributed by atoms with Crippen LogP contribution in [0.4, 0.5) is 5.69 Å². The number of aromatic carboxylic acids is 1. The monoisotopic (exact) mass is 440 g/mol. The maximum absolute atomic E-state index is 12.2. The number of carboxylic acid groups (broad SMARTS) is 1. The molecule has 0 radical (unpaired) electrons. The van der Waals surface area contributed by atoms with Crippen molar-refractivity contribution in [2.24, 2.45) is 10.2 Å². The number of rotatable bonds is 7. The molecule has 3 rings (SSSR count). The Labute approximate surface area is 182 Å². The summed E-state index contributed by atoms with van der Waals surface area (Å²) in [4.78, 5) is 35.3. The average molecular weight is 440 g/mol. The molecule has 1 atom stereocenters. The Morgan fingerprint density at radius 3 is 2.39 bits per heavy atom. The molecule has 0 aliphatic carbocycles. The molecule has 0 unspecified atom stereocenters. The van der Waals surface area contributed by atoms with E-state index < -0.39 is 11.2 Å². The molecule has 0 bridgehead atoms. The fraction of sp³-hybridized carbons (Fsp3) is 0.190. The van der Waals surface area contributed by atoms with Crippen LogP contribution < -0.4 is 15.4 Å². The van der Waals surface area contributed by atoms with Crippen molar-refractivity contribution in [2.45, 2.75) is 18.6 Å². The summed E-state index contributed by atoms with van der Waals surface area (Å²) in [6.07, 6.45) is -0.0582. The molecule has 2 aromatic rings. The third kappa shape index (κ3) is 5.92. The number of nitrogens with zero attached hydrogens (tertiary/aromatic N) is 2. The topological polar surface area (TPSA) is 129 Å². The number of nitrogens with one attached hydrogen (secondary N) is 2. The zero-order valence-electron chi connectivity index (χ0n) is 16.8. The quantitative estimate of drug-likeness (QED) is 0.448. The minimum Gasteiger partial charge on any atom is -0.497 e. The van der Waals surface area contributed by atoms with Gasteiger partial charge in [0.15, 0.2) is 5.17 Å². The van der Waals surface area contributed by atoms with Crippen LogP contribution in [0, 0.1) is 0 Å². The van der Waals surface area contributed by atoms with Gasteiger partial charge in [-0.2, -0.15) is 5.10 Å². The zero-order valence-corrected chi connectivity index (χ0v) is 17.6. The van der Waals surface area contributed by atoms with Gasteiger partial charge in [0, 0.05) is 12.1 Å². The number of hydrogen-bond acceptors (Lipinski definition) is 7. The number of thioether (sulfide) groups is 1. The molecular formula is C21H20N4O5S. The first kappa shape index (κ1) is 22.0. The van der Waals surface area contributed by atoms with E-state index in [0.717, 1.165) is 23.1 Å². The predicted octanol–water partition coefficient (Wildman–Crippen LogP) is 2.73. The highest BCUT2D eigenvalue weighted by molar-refractivity contribution is 8.15. The lowest BCUT2D eigenvalue weighted by atomic mass is 10.1. The third-order valence-electron chi connectivity index (χ3n) is 4.36. The molecule has 0 spiro atoms. The van der Waals surface area contributed by atoms with Gasteiger partial charge in [-0.3, -0.25) is 9.59 Å². The van der Waals surface area contributed by atoms with Crippen molar-refractivity contribution in [3.8, 4) is 5.75 Å². The Balaban J connectivity index is 1.57. The standard InChI is InChI=1S/C21H20N4O5S/c1-12(13-5-9-16(30-2)10-6-13)24-25-21-23-19(27)17(31-21)11-18(26)22-15-7-3-14(4-8-15)20(28)29/h3-10,17H,11H2,1-2H3,(H,22,26)(H,28,29)(H,23,25,27)/b24-12-/t17-/m0/s1. The van der Waals surface area contributed by atoms with E-state index in [2.05, 4.69) is 20.8 Å². The summed E-state index contributed by atoms with van der Waals surface area (Å²) >= 11 is 1.13. The Bertz CT molecular complexity index is 1050. The van der Waals surface area contributed by atoms with Crippen LogP contribution in [0.3, 0.4) is 0 Å². The average Bonchev–Trinajstić information content (AvgIpc) is 3.11. The Hall–Kier alpha value is -3.66. The largest absolute Gasteiger partial charge is 0.497 e. The first-order valence-electron chi connectivity index (χ1n) is 9.23. The van der Waals surface area contributed by atoms with Crippen molar-refractivity contribution >= 4 is 46.1 Å². The summed E-state index contributed by atoms with van der Waals surface area (Å²) in [5.74, 6) is -0.999. The number of carboxylic acids is 1. The molecule has 2 amide bonds. The van der Waals surface area contributed by atoms with E-state index >= 15 is 0 Å². The van der Waals surface area contributed by atoms with Gasteiger partial charge in [-0.05, 0) is 61.0 Å². The van der Waals surface area contributed by atoms with Gasteiger partial charge in [0.25, 0.3) is 0 Å². The number of carbonyl (C=O) groups excluding carboxylic acids is 2. The van der Waals surface area contributed by atoms with Gasteiger partial charge in [-0.1, -0.05) is 11.8 Å². The van der Waals surface area contributed by atoms with Gasteiger partial charge in [0.05, 0.1) is 18.4 Å². The minimum atomic E-state index is -1.05. The van der Waals surface area contributed by atoms with E-state index in [9.17, 15) is 14.4 Å². The van der Waals surface area contributed by atoms with E-state index in [1.807, 2.05) is 24.3 Å². The molecule has 1 heterocycles. The summed E-state index contributed by atoms with van der Waals surface area (Å²) in [6, 6.07) is 13.1. The smallest absolute Gasteiger partial charge is 0.335 e. The summed E-state index contributed by atoms with van der Waals surface area (Å²) in [5.41, 5.74) is 2.10. The van der Waals surface area contributed by atoms with Gasteiger partial charge in [-0.15, -0.1) is 5.10 Å². The molecular weight excluding hydrogens is 420 g/mol. The van der Waals surface area contributed by atoms with Crippen LogP contribution in [0.15, 0.2) is 58.7 Å². The molecule has 10 heteroatoms. The van der Waals surface area contributed by atoms with Crippen molar-refractivity contribution < 1.29 is 24.2 Å². The van der Waals surface area contributed by atoms with E-state index in [1.165, 1.54) is 24.3 Å². The van der Waals surface area contributed by atoms with Gasteiger partial charge >= 0.3 is 5.97 Å². The molecule has 9 nitrogen and oxygen atoms in total. The third-order valence-corrected chi connectivity index (χ3v) is 5.43. The first-order chi connectivity index (χ1) is 14.9. The highest BCUT2D eigenvalue weighted by atomic mass is 32.2. The molecule has 0 saturated carbocycles. The van der Waals surface area contributed by atoms with Crippen molar-refractivity contribution in [3.05, 3.63) is 59.7 Å². The first-order valence-corrected chi connectivity index (χ1v) is 10.1. The van der Waals surface area contributed by atoms with Crippen molar-refractivity contribution in [2.75, 3.05) is 12.4 Å². The Morgan fingerprint density at radius 2 is 1.77 bits per heavy atom. The van der Waals surface area contributed by atoms with Crippen LogP contribution in [-0.2, 0) is 9.59 Å². The number of benzene rings is 2. The number of carbonyl (C=O) groups is 3. The zero-order chi connectivity index (χ0) is 22.4. The molecule has 31 heavy (non-hydrogen) atoms. The summed E-state index contributed by atoms with van der Waals surface area (Å²) in [7, 11) is 1.59. The van der Waals surface area contributed by atoms with E-state index in [4.69, 9.17) is 9.84 Å². The Morgan fingerprint density at radius 1 is 1.13 bits per heavy atom. The van der Waals surface area contributed by atoms with Crippen LogP contribution in [0.25, 0.3) is 0 Å². The Kier molecular flexibility index (Phi) is 7.03. The second-order valence-electron chi connectivity index (χ2n) is 6.55. The lowest BCUT2D eigenvalue weighted by Crippen LogP contribution is -2.28. The highest BCUT2D eigenvalue weighted by Gasteiger charge is 2.32. The summed E-state index contributed by atoms with van der Waals surface area (Å²) in [5, 5.41) is 22.1. The fourth-order valence-electron chi connectivity index (χ4n) is 2.67. The normalized spacial score (nSPS) is 17.4. The summed E-state index contributed by atoms with van der Waals surface area (Å²) < 4.78 is 5.12. The number of anilines is 1. The highest BCUT2D eigenvalue weighted by Crippen LogP contribution is 2.23. The van der Waals surface area contributed by atoms with Gasteiger partial charge in [0.1, 0.15) is 11.0 Å². The molecule has 2 aromatic carbocycles. The molecule has 1 fully saturated rings. The summed E-state index contributed by atoms with van der Waals surface area (Å²) in [6.45, 7) is 1.80. The van der Waals surface area contributed by atoms with Crippen LogP contribution in [0.1, 0.15) is 29.3 Å². The minimum absolute atomic E-state index is 0.0582. The van der Waals surface area contributed by atoms with Gasteiger partial charge in [-0.25, -0.2) is 4.79 Å². The number of hydrogen-bond donors (Lipinski definition) is 3. The van der Waals surface area contributed by atoms with Crippen molar-refractivity contribution in [1.29, 1.82) is 0 Å². The molecule has 1 aliphatic heterocycles. The maximum Gasteiger partial charge on any atom is 0.335 e. The number of methoxy groups -OCH3 is 1. The molecule has 160 valence electrons. The van der Waals surface area contributed by atoms with E-state index in [-0.39, 0.29) is 23.8 Å². The van der Waals surface area contributed by atoms with E-state index in [0.29, 0.717) is 16.6 Å². The number of amidine groups is 1. The van der Waals surface area contributed by atoms with Crippen LogP contribution in [0.2, 0.25) is 0 Å². The molecule has 3 N–H and O–H groups in total. The predicted molar refractivity (Wildman–Crippen MR) is 119 cm³/mol. The number of amides is 2. The van der Waals surface area contributed by atoms with E-state index in [1.54, 1.807) is 14.0 Å². The fourth-order valence-corrected chi connectivity index (χ4v) is 3.59. The lowest BCUT2D eigenvalue weighted by molar-refractivity contribution is -0.122. The van der Waals surface area contributed by atoms with Gasteiger partial charge in [0.2, 0.25) is 11.8 Å². The molecule has 0 aromatic heterocycles. The maximum atomic E-state index is 12.2. The van der Waals surface area contributed by atoms with Gasteiger partial charge < -0.3 is 20.5 Å². The van der Waals surface area contributed by atoms with Crippen LogP contribution in [-0.4, -0.2) is 46.1 Å². The van der Waals surface area contributed by atoms with Crippen molar-refractivity contribution in [1.82, 2.24) is 5.32 Å². The van der Waals surface area contributed by atoms with Crippen LogP contribution in [0.5, 0.6) is 5.75 Å². The van der Waals surface area contributed by atoms with Crippen molar-refractivity contribution in [3.63, 3.8) is 0 Å². The van der Waals surface area contributed by atoms with Crippen LogP contribution >= 0.6 is 11.8 Å². The second-order valence-corrected chi connectivity index (χ2v) is 7.74. The molecule has 1 saturated heterocycles. The second kappa shape index (κ2) is 9.90. The SMILES string of the molecule is COc1ccc(/C(C)=N\N=C2\NC(=O)[C@H](CC(=O)Nc3ccc(C(=O)O)cc3)S2)cc1.